The van der Waals surface area contributed by atoms with Gasteiger partial charge in [-0.05, 0) is 24.6 Å². The molecular formula is C11H18N2O. The van der Waals surface area contributed by atoms with E-state index in [0.29, 0.717) is 13.1 Å². The summed E-state index contributed by atoms with van der Waals surface area (Å²) in [5, 5.41) is 9.24. The molecule has 0 bridgehead atoms. The van der Waals surface area contributed by atoms with E-state index in [1.165, 1.54) is 0 Å². The zero-order valence-electron chi connectivity index (χ0n) is 8.77. The molecule has 1 atom stereocenters. The molecule has 1 aromatic carbocycles. The van der Waals surface area contributed by atoms with Crippen molar-refractivity contribution in [3.63, 3.8) is 0 Å². The first-order valence-corrected chi connectivity index (χ1v) is 4.81. The van der Waals surface area contributed by atoms with Crippen molar-refractivity contribution in [3.05, 3.63) is 29.8 Å². The van der Waals surface area contributed by atoms with Gasteiger partial charge in [0.15, 0.2) is 0 Å². The lowest BCUT2D eigenvalue weighted by molar-refractivity contribution is 0.201. The van der Waals surface area contributed by atoms with E-state index >= 15 is 0 Å². The molecule has 78 valence electrons. The van der Waals surface area contributed by atoms with E-state index in [4.69, 9.17) is 5.73 Å². The molecule has 0 saturated carbocycles. The number of benzene rings is 1. The van der Waals surface area contributed by atoms with Crippen LogP contribution in [0.2, 0.25) is 0 Å². The minimum atomic E-state index is -0.318. The molecule has 1 rings (SSSR count). The summed E-state index contributed by atoms with van der Waals surface area (Å²) in [6.45, 7) is 2.97. The maximum absolute atomic E-state index is 9.24. The summed E-state index contributed by atoms with van der Waals surface area (Å²) in [7, 11) is 1.96. The molecule has 0 radical (unpaired) electrons. The largest absolute Gasteiger partial charge is 0.392 e. The van der Waals surface area contributed by atoms with Crippen molar-refractivity contribution in [1.29, 1.82) is 0 Å². The van der Waals surface area contributed by atoms with Gasteiger partial charge in [-0.1, -0.05) is 12.1 Å². The monoisotopic (exact) mass is 194 g/mol. The first kappa shape index (κ1) is 11.0. The maximum Gasteiger partial charge on any atom is 0.0686 e. The van der Waals surface area contributed by atoms with Crippen LogP contribution < -0.4 is 10.6 Å². The van der Waals surface area contributed by atoms with Gasteiger partial charge in [-0.25, -0.2) is 0 Å². The van der Waals surface area contributed by atoms with Gasteiger partial charge < -0.3 is 15.7 Å². The zero-order chi connectivity index (χ0) is 10.6. The molecule has 14 heavy (non-hydrogen) atoms. The third-order valence-electron chi connectivity index (χ3n) is 2.13. The summed E-state index contributed by atoms with van der Waals surface area (Å²) in [4.78, 5) is 2.02. The Kier molecular flexibility index (Phi) is 3.92. The molecule has 0 spiro atoms. The second kappa shape index (κ2) is 4.98. The van der Waals surface area contributed by atoms with Crippen molar-refractivity contribution in [1.82, 2.24) is 0 Å². The molecule has 3 N–H and O–H groups in total. The summed E-state index contributed by atoms with van der Waals surface area (Å²) in [5.74, 6) is 0. The third kappa shape index (κ3) is 3.01. The van der Waals surface area contributed by atoms with Crippen molar-refractivity contribution >= 4 is 5.69 Å². The summed E-state index contributed by atoms with van der Waals surface area (Å²) >= 11 is 0. The van der Waals surface area contributed by atoms with E-state index in [1.807, 2.05) is 36.2 Å². The van der Waals surface area contributed by atoms with E-state index in [1.54, 1.807) is 6.92 Å². The van der Waals surface area contributed by atoms with E-state index in [-0.39, 0.29) is 6.10 Å². The lowest BCUT2D eigenvalue weighted by atomic mass is 10.2. The van der Waals surface area contributed by atoms with Gasteiger partial charge in [0.2, 0.25) is 0 Å². The zero-order valence-corrected chi connectivity index (χ0v) is 8.77. The predicted octanol–water partition coefficient (Wildman–Crippen LogP) is 0.962. The quantitative estimate of drug-likeness (QED) is 0.750. The number of aliphatic hydroxyl groups excluding tert-OH is 1. The van der Waals surface area contributed by atoms with Crippen LogP contribution in [0.1, 0.15) is 12.5 Å². The summed E-state index contributed by atoms with van der Waals surface area (Å²) in [6, 6.07) is 8.04. The molecule has 0 fully saturated rings. The molecule has 0 aromatic heterocycles. The molecule has 0 aliphatic carbocycles. The highest BCUT2D eigenvalue weighted by atomic mass is 16.3. The minimum Gasteiger partial charge on any atom is -0.392 e. The fraction of sp³-hybridized carbons (Fsp3) is 0.455. The summed E-state index contributed by atoms with van der Waals surface area (Å²) in [5.41, 5.74) is 7.75. The number of rotatable bonds is 4. The van der Waals surface area contributed by atoms with Crippen molar-refractivity contribution in [2.24, 2.45) is 5.73 Å². The molecule has 0 amide bonds. The van der Waals surface area contributed by atoms with Crippen LogP contribution in [-0.2, 0) is 6.54 Å². The third-order valence-corrected chi connectivity index (χ3v) is 2.13. The van der Waals surface area contributed by atoms with E-state index in [0.717, 1.165) is 11.3 Å². The van der Waals surface area contributed by atoms with Crippen molar-refractivity contribution in [2.75, 3.05) is 18.5 Å². The van der Waals surface area contributed by atoms with Gasteiger partial charge in [0.05, 0.1) is 6.10 Å². The Labute approximate surface area is 85.2 Å². The van der Waals surface area contributed by atoms with Gasteiger partial charge in [0.1, 0.15) is 0 Å². The van der Waals surface area contributed by atoms with Crippen LogP contribution in [0.5, 0.6) is 0 Å². The SMILES string of the molecule is CC(O)CN(C)c1cccc(CN)c1. The van der Waals surface area contributed by atoms with Crippen LogP contribution in [0.15, 0.2) is 24.3 Å². The molecule has 0 saturated heterocycles. The molecule has 1 unspecified atom stereocenters. The van der Waals surface area contributed by atoms with E-state index < -0.39 is 0 Å². The molecular weight excluding hydrogens is 176 g/mol. The van der Waals surface area contributed by atoms with Gasteiger partial charge in [0.25, 0.3) is 0 Å². The number of aliphatic hydroxyl groups is 1. The smallest absolute Gasteiger partial charge is 0.0686 e. The molecule has 3 nitrogen and oxygen atoms in total. The molecule has 0 aliphatic rings. The molecule has 3 heteroatoms. The van der Waals surface area contributed by atoms with Crippen molar-refractivity contribution < 1.29 is 5.11 Å². The average molecular weight is 194 g/mol. The summed E-state index contributed by atoms with van der Waals surface area (Å²) < 4.78 is 0. The number of nitrogens with two attached hydrogens (primary N) is 1. The Morgan fingerprint density at radius 1 is 1.50 bits per heavy atom. The second-order valence-corrected chi connectivity index (χ2v) is 3.60. The van der Waals surface area contributed by atoms with Crippen LogP contribution in [0.25, 0.3) is 0 Å². The van der Waals surface area contributed by atoms with Crippen molar-refractivity contribution in [3.8, 4) is 0 Å². The average Bonchev–Trinajstić information content (AvgIpc) is 2.17. The Morgan fingerprint density at radius 2 is 2.21 bits per heavy atom. The van der Waals surface area contributed by atoms with Gasteiger partial charge in [-0.3, -0.25) is 0 Å². The van der Waals surface area contributed by atoms with Crippen molar-refractivity contribution in [2.45, 2.75) is 19.6 Å². The van der Waals surface area contributed by atoms with Crippen LogP contribution in [0.4, 0.5) is 5.69 Å². The predicted molar refractivity (Wildman–Crippen MR) is 59.3 cm³/mol. The summed E-state index contributed by atoms with van der Waals surface area (Å²) in [6.07, 6.45) is -0.318. The molecule has 1 aromatic rings. The lowest BCUT2D eigenvalue weighted by Crippen LogP contribution is -2.26. The fourth-order valence-corrected chi connectivity index (χ4v) is 1.42. The number of anilines is 1. The lowest BCUT2D eigenvalue weighted by Gasteiger charge is -2.21. The van der Waals surface area contributed by atoms with Crippen LogP contribution in [0, 0.1) is 0 Å². The highest BCUT2D eigenvalue weighted by Gasteiger charge is 2.04. The topological polar surface area (TPSA) is 49.5 Å². The van der Waals surface area contributed by atoms with Crippen LogP contribution in [-0.4, -0.2) is 24.8 Å². The molecule has 0 aliphatic heterocycles. The first-order valence-electron chi connectivity index (χ1n) is 4.81. The Morgan fingerprint density at radius 3 is 2.79 bits per heavy atom. The number of likely N-dealkylation sites (N-methyl/N-ethyl adjacent to an activating group) is 1. The fourth-order valence-electron chi connectivity index (χ4n) is 1.42. The highest BCUT2D eigenvalue weighted by Crippen LogP contribution is 2.14. The van der Waals surface area contributed by atoms with Gasteiger partial charge in [-0.15, -0.1) is 0 Å². The first-order chi connectivity index (χ1) is 6.63. The highest BCUT2D eigenvalue weighted by molar-refractivity contribution is 5.47. The Bertz CT molecular complexity index is 286. The number of hydrogen-bond acceptors (Lipinski definition) is 3. The normalized spacial score (nSPS) is 12.6. The van der Waals surface area contributed by atoms with Gasteiger partial charge >= 0.3 is 0 Å². The maximum atomic E-state index is 9.24. The van der Waals surface area contributed by atoms with Gasteiger partial charge in [0, 0.05) is 25.8 Å². The van der Waals surface area contributed by atoms with Crippen LogP contribution in [0.3, 0.4) is 0 Å². The van der Waals surface area contributed by atoms with E-state index in [2.05, 4.69) is 0 Å². The standard InChI is InChI=1S/C11H18N2O/c1-9(14)8-13(2)11-5-3-4-10(6-11)7-12/h3-6,9,14H,7-8,12H2,1-2H3. The number of hydrogen-bond donors (Lipinski definition) is 2. The van der Waals surface area contributed by atoms with Crippen LogP contribution >= 0.6 is 0 Å². The molecule has 0 heterocycles. The Hall–Kier alpha value is -1.06. The minimum absolute atomic E-state index is 0.318. The second-order valence-electron chi connectivity index (χ2n) is 3.60. The van der Waals surface area contributed by atoms with E-state index in [9.17, 15) is 5.11 Å². The van der Waals surface area contributed by atoms with Gasteiger partial charge in [-0.2, -0.15) is 0 Å². The Balaban J connectivity index is 2.73. The number of nitrogens with zero attached hydrogens (tertiary/aromatic N) is 1.